The molecule has 124 valence electrons. The smallest absolute Gasteiger partial charge is 0.0618 e. The average Bonchev–Trinajstić information content (AvgIpc) is 2.45. The highest BCUT2D eigenvalue weighted by Crippen LogP contribution is 2.40. The first-order valence-corrected chi connectivity index (χ1v) is 10.1. The molecule has 0 saturated carbocycles. The molecule has 0 aliphatic carbocycles. The van der Waals surface area contributed by atoms with E-state index in [1.807, 2.05) is 0 Å². The van der Waals surface area contributed by atoms with Crippen molar-refractivity contribution in [3.63, 3.8) is 0 Å². The summed E-state index contributed by atoms with van der Waals surface area (Å²) in [6, 6.07) is 0. The van der Waals surface area contributed by atoms with Gasteiger partial charge in [-0.25, -0.2) is 0 Å². The van der Waals surface area contributed by atoms with Crippen LogP contribution < -0.4 is 0 Å². The topological polar surface area (TPSA) is 9.72 Å². The summed E-state index contributed by atoms with van der Waals surface area (Å²) >= 11 is 2.67. The van der Waals surface area contributed by atoms with E-state index < -0.39 is 0 Å². The van der Waals surface area contributed by atoms with Crippen molar-refractivity contribution in [3.05, 3.63) is 0 Å². The molecule has 0 aromatic carbocycles. The Morgan fingerprint density at radius 3 is 2.19 bits per heavy atom. The van der Waals surface area contributed by atoms with E-state index in [0.29, 0.717) is 5.41 Å². The largest absolute Gasteiger partial charge is 0.304 e. The lowest BCUT2D eigenvalue weighted by Crippen LogP contribution is -2.57. The Kier molecular flexibility index (Phi) is 7.23. The van der Waals surface area contributed by atoms with Crippen LogP contribution in [-0.4, -0.2) is 71.6 Å². The molecule has 1 atom stereocenters. The van der Waals surface area contributed by atoms with Gasteiger partial charge in [-0.3, -0.25) is 4.90 Å². The molecule has 4 heteroatoms. The van der Waals surface area contributed by atoms with Gasteiger partial charge in [0.25, 0.3) is 0 Å². The summed E-state index contributed by atoms with van der Waals surface area (Å²) in [6.07, 6.45) is 6.85. The van der Waals surface area contributed by atoms with Gasteiger partial charge in [-0.2, -0.15) is 0 Å². The number of alkyl halides is 1. The van der Waals surface area contributed by atoms with Gasteiger partial charge in [-0.05, 0) is 51.1 Å². The Labute approximate surface area is 145 Å². The molecule has 0 amide bonds. The van der Waals surface area contributed by atoms with Crippen molar-refractivity contribution in [2.75, 3.05) is 52.9 Å². The molecular formula is C17H34IN3. The third-order valence-electron chi connectivity index (χ3n) is 5.74. The van der Waals surface area contributed by atoms with Crippen molar-refractivity contribution < 1.29 is 0 Å². The van der Waals surface area contributed by atoms with Crippen LogP contribution in [0.25, 0.3) is 0 Å². The number of hydrogen-bond donors (Lipinski definition) is 0. The number of piperazine rings is 1. The van der Waals surface area contributed by atoms with Gasteiger partial charge in [0, 0.05) is 39.3 Å². The molecule has 2 aliphatic rings. The summed E-state index contributed by atoms with van der Waals surface area (Å²) in [5.74, 6) is 0. The maximum atomic E-state index is 2.70. The lowest BCUT2D eigenvalue weighted by molar-refractivity contribution is -0.0121. The molecule has 0 bridgehead atoms. The predicted octanol–water partition coefficient (Wildman–Crippen LogP) is 3.29. The van der Waals surface area contributed by atoms with E-state index in [-0.39, 0.29) is 0 Å². The van der Waals surface area contributed by atoms with Gasteiger partial charge < -0.3 is 9.80 Å². The van der Waals surface area contributed by atoms with Crippen LogP contribution in [0.4, 0.5) is 0 Å². The zero-order chi connectivity index (χ0) is 15.3. The molecular weight excluding hydrogens is 373 g/mol. The maximum Gasteiger partial charge on any atom is 0.0618 e. The zero-order valence-electron chi connectivity index (χ0n) is 14.3. The van der Waals surface area contributed by atoms with Crippen molar-refractivity contribution in [2.24, 2.45) is 5.41 Å². The molecule has 2 rings (SSSR count). The van der Waals surface area contributed by atoms with Gasteiger partial charge in [0.2, 0.25) is 0 Å². The fraction of sp³-hybridized carbons (Fsp3) is 1.00. The van der Waals surface area contributed by atoms with Crippen LogP contribution in [0.1, 0.15) is 46.0 Å². The Morgan fingerprint density at radius 2 is 1.62 bits per heavy atom. The first kappa shape index (κ1) is 18.0. The van der Waals surface area contributed by atoms with Gasteiger partial charge in [-0.1, -0.05) is 36.4 Å². The highest BCUT2D eigenvalue weighted by atomic mass is 127. The third kappa shape index (κ3) is 5.05. The first-order valence-electron chi connectivity index (χ1n) is 8.87. The van der Waals surface area contributed by atoms with Gasteiger partial charge in [0.1, 0.15) is 0 Å². The van der Waals surface area contributed by atoms with Crippen LogP contribution in [-0.2, 0) is 0 Å². The number of nitrogens with zero attached hydrogens (tertiary/aromatic N) is 3. The molecule has 2 aliphatic heterocycles. The zero-order valence-corrected chi connectivity index (χ0v) is 16.4. The third-order valence-corrected chi connectivity index (χ3v) is 7.15. The quantitative estimate of drug-likeness (QED) is 0.265. The summed E-state index contributed by atoms with van der Waals surface area (Å²) in [5.41, 5.74) is 0.656. The summed E-state index contributed by atoms with van der Waals surface area (Å²) < 4.78 is 0.765. The minimum absolute atomic E-state index is 0.656. The molecule has 21 heavy (non-hydrogen) atoms. The number of rotatable bonds is 8. The Morgan fingerprint density at radius 1 is 1.00 bits per heavy atom. The standard InChI is InChI=1S/C17H34IN3/c1-4-17(5-2)14-21(15-17)16(18)8-6-7-9-20-12-10-19(3)11-13-20/h16H,4-15H2,1-3H3. The number of likely N-dealkylation sites (N-methyl/N-ethyl adjacent to an activating group) is 1. The second-order valence-corrected chi connectivity index (χ2v) is 8.63. The molecule has 0 radical (unpaired) electrons. The summed E-state index contributed by atoms with van der Waals surface area (Å²) in [4.78, 5) is 7.78. The number of unbranched alkanes of at least 4 members (excludes halogenated alkanes) is 1. The molecule has 2 fully saturated rings. The minimum atomic E-state index is 0.656. The Balaban J connectivity index is 1.53. The first-order chi connectivity index (χ1) is 10.1. The van der Waals surface area contributed by atoms with Crippen LogP contribution in [0, 0.1) is 5.41 Å². The van der Waals surface area contributed by atoms with Crippen LogP contribution >= 0.6 is 22.6 Å². The average molecular weight is 407 g/mol. The van der Waals surface area contributed by atoms with E-state index in [9.17, 15) is 0 Å². The second kappa shape index (κ2) is 8.46. The van der Waals surface area contributed by atoms with Crippen molar-refractivity contribution in [3.8, 4) is 0 Å². The molecule has 0 N–H and O–H groups in total. The number of halogens is 1. The fourth-order valence-corrected chi connectivity index (χ4v) is 4.45. The van der Waals surface area contributed by atoms with Crippen molar-refractivity contribution in [2.45, 2.75) is 50.0 Å². The van der Waals surface area contributed by atoms with Crippen LogP contribution in [0.2, 0.25) is 0 Å². The van der Waals surface area contributed by atoms with Gasteiger partial charge in [0.15, 0.2) is 0 Å². The van der Waals surface area contributed by atoms with E-state index in [2.05, 4.69) is 58.2 Å². The van der Waals surface area contributed by atoms with E-state index in [4.69, 9.17) is 0 Å². The molecule has 1 unspecified atom stereocenters. The molecule has 2 heterocycles. The van der Waals surface area contributed by atoms with E-state index in [1.165, 1.54) is 77.9 Å². The van der Waals surface area contributed by atoms with Crippen molar-refractivity contribution in [1.29, 1.82) is 0 Å². The highest BCUT2D eigenvalue weighted by Gasteiger charge is 2.41. The molecule has 0 aromatic heterocycles. The molecule has 0 spiro atoms. The minimum Gasteiger partial charge on any atom is -0.304 e. The van der Waals surface area contributed by atoms with Gasteiger partial charge >= 0.3 is 0 Å². The monoisotopic (exact) mass is 407 g/mol. The van der Waals surface area contributed by atoms with E-state index in [0.717, 1.165) is 4.05 Å². The summed E-state index contributed by atoms with van der Waals surface area (Å²) in [5, 5.41) is 0. The normalized spacial score (nSPS) is 25.7. The fourth-order valence-electron chi connectivity index (χ4n) is 3.61. The lowest BCUT2D eigenvalue weighted by atomic mass is 9.75. The van der Waals surface area contributed by atoms with Crippen LogP contribution in [0.5, 0.6) is 0 Å². The predicted molar refractivity (Wildman–Crippen MR) is 100 cm³/mol. The maximum absolute atomic E-state index is 2.70. The molecule has 3 nitrogen and oxygen atoms in total. The van der Waals surface area contributed by atoms with Crippen molar-refractivity contribution in [1.82, 2.24) is 14.7 Å². The second-order valence-electron chi connectivity index (χ2n) is 7.19. The van der Waals surface area contributed by atoms with Crippen LogP contribution in [0.15, 0.2) is 0 Å². The number of likely N-dealkylation sites (tertiary alicyclic amines) is 1. The lowest BCUT2D eigenvalue weighted by Gasteiger charge is -2.52. The van der Waals surface area contributed by atoms with Crippen LogP contribution in [0.3, 0.4) is 0 Å². The summed E-state index contributed by atoms with van der Waals surface area (Å²) in [6.45, 7) is 13.7. The van der Waals surface area contributed by atoms with E-state index >= 15 is 0 Å². The number of hydrogen-bond acceptors (Lipinski definition) is 3. The molecule has 2 saturated heterocycles. The summed E-state index contributed by atoms with van der Waals surface area (Å²) in [7, 11) is 2.23. The van der Waals surface area contributed by atoms with E-state index in [1.54, 1.807) is 0 Å². The van der Waals surface area contributed by atoms with Gasteiger partial charge in [-0.15, -0.1) is 0 Å². The highest BCUT2D eigenvalue weighted by molar-refractivity contribution is 14.1. The SMILES string of the molecule is CCC1(CC)CN(C(I)CCCCN2CCN(C)CC2)C1. The van der Waals surface area contributed by atoms with Crippen molar-refractivity contribution >= 4 is 22.6 Å². The Bertz CT molecular complexity index is 290. The van der Waals surface area contributed by atoms with Gasteiger partial charge in [0.05, 0.1) is 4.05 Å². The Hall–Kier alpha value is 0.610. The molecule has 0 aromatic rings.